The molecule has 0 saturated carbocycles. The van der Waals surface area contributed by atoms with Crippen LogP contribution in [0.2, 0.25) is 0 Å². The number of carbonyl (C=O) groups excluding carboxylic acids is 4. The monoisotopic (exact) mass is 403 g/mol. The molecule has 0 aliphatic carbocycles. The van der Waals surface area contributed by atoms with Gasteiger partial charge in [-0.05, 0) is 62.3 Å². The summed E-state index contributed by atoms with van der Waals surface area (Å²) in [6.07, 6.45) is -1.01. The zero-order valence-electron chi connectivity index (χ0n) is 18.1. The molecule has 0 aromatic rings. The number of nitrogens with two attached hydrogens (primary N) is 1. The van der Waals surface area contributed by atoms with Gasteiger partial charge in [-0.25, -0.2) is 15.4 Å². The van der Waals surface area contributed by atoms with E-state index in [1.54, 1.807) is 62.3 Å². The summed E-state index contributed by atoms with van der Waals surface area (Å²) in [5, 5.41) is 2.22. The number of rotatable bonds is 5. The van der Waals surface area contributed by atoms with Crippen LogP contribution in [0.4, 0.5) is 4.79 Å². The number of amides is 2. The Kier molecular flexibility index (Phi) is 8.45. The molecule has 162 valence electrons. The summed E-state index contributed by atoms with van der Waals surface area (Å²) in [6, 6.07) is -1.72. The van der Waals surface area contributed by atoms with Gasteiger partial charge >= 0.3 is 18.0 Å². The highest BCUT2D eigenvalue weighted by atomic mass is 16.6. The van der Waals surface area contributed by atoms with Gasteiger partial charge in [-0.3, -0.25) is 15.0 Å². The number of esters is 2. The first-order valence-electron chi connectivity index (χ1n) is 8.82. The molecule has 28 heavy (non-hydrogen) atoms. The molecular weight excluding hydrogens is 370 g/mol. The smallest absolute Gasteiger partial charge is 0.408 e. The minimum absolute atomic E-state index is 0.875. The summed E-state index contributed by atoms with van der Waals surface area (Å²) in [4.78, 5) is 49.8. The fourth-order valence-corrected chi connectivity index (χ4v) is 1.93. The molecule has 0 spiro atoms. The maximum absolute atomic E-state index is 12.7. The molecule has 4 N–H and O–H groups in total. The van der Waals surface area contributed by atoms with Crippen molar-refractivity contribution < 1.29 is 33.4 Å². The summed E-state index contributed by atoms with van der Waals surface area (Å²) < 4.78 is 15.6. The molecule has 0 fully saturated rings. The highest BCUT2D eigenvalue weighted by Gasteiger charge is 2.45. The third-order valence-electron chi connectivity index (χ3n) is 2.75. The first-order chi connectivity index (χ1) is 12.4. The van der Waals surface area contributed by atoms with Crippen LogP contribution in [0.1, 0.15) is 62.3 Å². The third-order valence-corrected chi connectivity index (χ3v) is 2.75. The Bertz CT molecular complexity index is 598. The summed E-state index contributed by atoms with van der Waals surface area (Å²) >= 11 is 0. The molecule has 0 saturated heterocycles. The van der Waals surface area contributed by atoms with Crippen LogP contribution in [0.3, 0.4) is 0 Å². The number of alkyl carbamates (subject to hydrolysis) is 1. The lowest BCUT2D eigenvalue weighted by molar-refractivity contribution is -0.172. The van der Waals surface area contributed by atoms with Gasteiger partial charge in [-0.2, -0.15) is 0 Å². The van der Waals surface area contributed by atoms with E-state index in [9.17, 15) is 19.2 Å². The van der Waals surface area contributed by atoms with Crippen molar-refractivity contribution in [2.75, 3.05) is 0 Å². The van der Waals surface area contributed by atoms with E-state index in [2.05, 4.69) is 5.32 Å². The molecule has 10 nitrogen and oxygen atoms in total. The van der Waals surface area contributed by atoms with Gasteiger partial charge < -0.3 is 19.5 Å². The lowest BCUT2D eigenvalue weighted by Gasteiger charge is -2.30. The van der Waals surface area contributed by atoms with Crippen molar-refractivity contribution in [2.45, 2.75) is 85.2 Å². The van der Waals surface area contributed by atoms with Gasteiger partial charge in [-0.15, -0.1) is 0 Å². The largest absolute Gasteiger partial charge is 0.459 e. The van der Waals surface area contributed by atoms with Crippen LogP contribution in [0.15, 0.2) is 0 Å². The second-order valence-corrected chi connectivity index (χ2v) is 9.18. The summed E-state index contributed by atoms with van der Waals surface area (Å²) in [5.41, 5.74) is -0.955. The van der Waals surface area contributed by atoms with Gasteiger partial charge in [0.05, 0.1) is 0 Å². The number of hydrazine groups is 1. The Morgan fingerprint density at radius 2 is 1.11 bits per heavy atom. The number of hydrogen-bond acceptors (Lipinski definition) is 8. The van der Waals surface area contributed by atoms with E-state index in [-0.39, 0.29) is 0 Å². The first-order valence-corrected chi connectivity index (χ1v) is 8.82. The van der Waals surface area contributed by atoms with Crippen LogP contribution in [0.25, 0.3) is 0 Å². The topological polar surface area (TPSA) is 146 Å². The average Bonchev–Trinajstić information content (AvgIpc) is 2.40. The molecule has 0 heterocycles. The van der Waals surface area contributed by atoms with Crippen molar-refractivity contribution in [2.24, 2.45) is 11.8 Å². The number of carbonyl (C=O) groups is 4. The quantitative estimate of drug-likeness (QED) is 0.155. The lowest BCUT2D eigenvalue weighted by atomic mass is 9.98. The van der Waals surface area contributed by atoms with E-state index < -0.39 is 52.7 Å². The molecule has 0 aliphatic rings. The summed E-state index contributed by atoms with van der Waals surface area (Å²) in [6.45, 7) is 14.4. The molecule has 0 aliphatic heterocycles. The first kappa shape index (κ1) is 25.6. The average molecular weight is 403 g/mol. The Labute approximate surface area is 165 Å². The Hall–Kier alpha value is -2.36. The zero-order valence-corrected chi connectivity index (χ0v) is 18.1. The third kappa shape index (κ3) is 10.1. The molecule has 0 bridgehead atoms. The Balaban J connectivity index is 5.95. The second kappa shape index (κ2) is 9.22. The van der Waals surface area contributed by atoms with Gasteiger partial charge in [0, 0.05) is 0 Å². The van der Waals surface area contributed by atoms with Crippen molar-refractivity contribution in [3.05, 3.63) is 0 Å². The molecule has 0 aromatic carbocycles. The number of nitrogens with one attached hydrogen (secondary N) is 2. The number of hydrogen-bond donors (Lipinski definition) is 3. The van der Waals surface area contributed by atoms with Gasteiger partial charge in [0.25, 0.3) is 5.91 Å². The van der Waals surface area contributed by atoms with E-state index in [0.29, 0.717) is 0 Å². The molecule has 1 unspecified atom stereocenters. The normalized spacial score (nSPS) is 14.4. The van der Waals surface area contributed by atoms with Gasteiger partial charge in [-0.1, -0.05) is 0 Å². The van der Waals surface area contributed by atoms with Crippen LogP contribution in [-0.4, -0.2) is 46.8 Å². The predicted molar refractivity (Wildman–Crippen MR) is 101 cm³/mol. The Morgan fingerprint density at radius 1 is 0.714 bits per heavy atom. The molecule has 0 radical (unpaired) electrons. The standard InChI is InChI=1S/C18H33N3O7/c1-16(2,3)26-13(23)10(12(22)21-19)11(14(24)27-17(4,5)6)20-15(25)28-18(7,8)9/h10-11H,19H2,1-9H3,(H,20,25)(H,21,22)/t10?,11-/m0/s1. The summed E-state index contributed by atoms with van der Waals surface area (Å²) in [5.74, 6) is 0.287. The molecule has 10 heteroatoms. The Morgan fingerprint density at radius 3 is 1.46 bits per heavy atom. The second-order valence-electron chi connectivity index (χ2n) is 9.18. The van der Waals surface area contributed by atoms with Crippen molar-refractivity contribution in [3.63, 3.8) is 0 Å². The highest BCUT2D eigenvalue weighted by molar-refractivity contribution is 6.03. The highest BCUT2D eigenvalue weighted by Crippen LogP contribution is 2.19. The molecular formula is C18H33N3O7. The fourth-order valence-electron chi connectivity index (χ4n) is 1.93. The van der Waals surface area contributed by atoms with Gasteiger partial charge in [0.1, 0.15) is 16.8 Å². The SMILES string of the molecule is CC(C)(C)OC(=O)N[C@H](C(=O)OC(C)(C)C)C(C(=O)NN)C(=O)OC(C)(C)C. The van der Waals surface area contributed by atoms with Crippen LogP contribution >= 0.6 is 0 Å². The van der Waals surface area contributed by atoms with E-state index in [1.807, 2.05) is 5.43 Å². The van der Waals surface area contributed by atoms with E-state index in [0.717, 1.165) is 0 Å². The minimum atomic E-state index is -1.79. The van der Waals surface area contributed by atoms with Gasteiger partial charge in [0.15, 0.2) is 12.0 Å². The predicted octanol–water partition coefficient (Wildman–Crippen LogP) is 1.17. The molecule has 0 aromatic heterocycles. The van der Waals surface area contributed by atoms with Crippen molar-refractivity contribution >= 4 is 23.9 Å². The number of ether oxygens (including phenoxy) is 3. The summed E-state index contributed by atoms with van der Waals surface area (Å²) in [7, 11) is 0. The van der Waals surface area contributed by atoms with E-state index in [4.69, 9.17) is 20.1 Å². The van der Waals surface area contributed by atoms with E-state index >= 15 is 0 Å². The molecule has 2 atom stereocenters. The lowest BCUT2D eigenvalue weighted by Crippen LogP contribution is -2.57. The minimum Gasteiger partial charge on any atom is -0.459 e. The molecule has 2 amide bonds. The van der Waals surface area contributed by atoms with E-state index in [1.165, 1.54) is 0 Å². The fraction of sp³-hybridized carbons (Fsp3) is 0.778. The van der Waals surface area contributed by atoms with Crippen molar-refractivity contribution in [1.29, 1.82) is 0 Å². The van der Waals surface area contributed by atoms with Crippen molar-refractivity contribution in [1.82, 2.24) is 10.7 Å². The maximum Gasteiger partial charge on any atom is 0.408 e. The van der Waals surface area contributed by atoms with Crippen LogP contribution in [0, 0.1) is 5.92 Å². The molecule has 0 rings (SSSR count). The van der Waals surface area contributed by atoms with Gasteiger partial charge in [0.2, 0.25) is 0 Å². The van der Waals surface area contributed by atoms with Crippen molar-refractivity contribution in [3.8, 4) is 0 Å². The van der Waals surface area contributed by atoms with Crippen LogP contribution in [-0.2, 0) is 28.6 Å². The zero-order chi connectivity index (χ0) is 22.5. The van der Waals surface area contributed by atoms with Crippen LogP contribution < -0.4 is 16.6 Å². The maximum atomic E-state index is 12.7. The van der Waals surface area contributed by atoms with Crippen LogP contribution in [0.5, 0.6) is 0 Å².